The molecule has 1 saturated heterocycles. The Labute approximate surface area is 149 Å². The van der Waals surface area contributed by atoms with Crippen molar-refractivity contribution < 1.29 is 9.47 Å². The van der Waals surface area contributed by atoms with Gasteiger partial charge in [-0.2, -0.15) is 0 Å². The third-order valence-corrected chi connectivity index (χ3v) is 4.39. The summed E-state index contributed by atoms with van der Waals surface area (Å²) in [6, 6.07) is 5.78. The van der Waals surface area contributed by atoms with Crippen molar-refractivity contribution in [2.75, 3.05) is 33.4 Å². The summed E-state index contributed by atoms with van der Waals surface area (Å²) in [5.41, 5.74) is 1.10. The fourth-order valence-corrected chi connectivity index (χ4v) is 2.97. The second-order valence-corrected chi connectivity index (χ2v) is 6.23. The van der Waals surface area contributed by atoms with Crippen LogP contribution in [-0.4, -0.2) is 45.4 Å². The van der Waals surface area contributed by atoms with Gasteiger partial charge < -0.3 is 20.1 Å². The maximum absolute atomic E-state index is 6.27. The van der Waals surface area contributed by atoms with Crippen LogP contribution >= 0.6 is 11.6 Å². The van der Waals surface area contributed by atoms with Crippen molar-refractivity contribution in [2.45, 2.75) is 38.7 Å². The minimum atomic E-state index is 0.384. The van der Waals surface area contributed by atoms with Crippen molar-refractivity contribution in [1.82, 2.24) is 10.6 Å². The molecule has 0 aromatic heterocycles. The second-order valence-electron chi connectivity index (χ2n) is 5.82. The summed E-state index contributed by atoms with van der Waals surface area (Å²) >= 11 is 6.27. The number of methoxy groups -OCH3 is 1. The summed E-state index contributed by atoms with van der Waals surface area (Å²) in [4.78, 5) is 4.62. The zero-order chi connectivity index (χ0) is 17.2. The minimum absolute atomic E-state index is 0.384. The standard InChI is InChI=1S/C18H28ClN3O2/c1-3-20-18(22-11-9-15-5-4-12-24-15)21-10-8-14-6-7-16(23-2)13-17(14)19/h6-7,13,15H,3-5,8-12H2,1-2H3,(H2,20,21,22). The number of halogens is 1. The molecule has 0 amide bonds. The number of hydrogen-bond donors (Lipinski definition) is 2. The van der Waals surface area contributed by atoms with Crippen molar-refractivity contribution in [2.24, 2.45) is 4.99 Å². The molecule has 1 aromatic carbocycles. The largest absolute Gasteiger partial charge is 0.497 e. The molecule has 6 heteroatoms. The zero-order valence-electron chi connectivity index (χ0n) is 14.6. The van der Waals surface area contributed by atoms with E-state index < -0.39 is 0 Å². The Hall–Kier alpha value is -1.46. The lowest BCUT2D eigenvalue weighted by atomic mass is 10.1. The lowest BCUT2D eigenvalue weighted by Crippen LogP contribution is -2.38. The van der Waals surface area contributed by atoms with E-state index in [1.807, 2.05) is 18.2 Å². The monoisotopic (exact) mass is 353 g/mol. The maximum atomic E-state index is 6.27. The number of nitrogens with one attached hydrogen (secondary N) is 2. The Morgan fingerprint density at radius 3 is 2.96 bits per heavy atom. The van der Waals surface area contributed by atoms with Gasteiger partial charge in [-0.15, -0.1) is 0 Å². The topological polar surface area (TPSA) is 54.9 Å². The molecule has 0 saturated carbocycles. The van der Waals surface area contributed by atoms with Gasteiger partial charge in [0.25, 0.3) is 0 Å². The summed E-state index contributed by atoms with van der Waals surface area (Å²) in [7, 11) is 1.64. The molecule has 1 aromatic rings. The Kier molecular flexibility index (Phi) is 8.19. The number of hydrogen-bond acceptors (Lipinski definition) is 3. The van der Waals surface area contributed by atoms with E-state index in [9.17, 15) is 0 Å². The highest BCUT2D eigenvalue weighted by Gasteiger charge is 2.14. The van der Waals surface area contributed by atoms with Crippen LogP contribution in [0.2, 0.25) is 5.02 Å². The molecule has 5 nitrogen and oxygen atoms in total. The normalized spacial score (nSPS) is 17.8. The van der Waals surface area contributed by atoms with Gasteiger partial charge >= 0.3 is 0 Å². The van der Waals surface area contributed by atoms with Crippen molar-refractivity contribution in [1.29, 1.82) is 0 Å². The first-order valence-electron chi connectivity index (χ1n) is 8.69. The molecule has 1 aliphatic heterocycles. The van der Waals surface area contributed by atoms with Crippen LogP contribution in [0, 0.1) is 0 Å². The van der Waals surface area contributed by atoms with E-state index in [2.05, 4.69) is 22.5 Å². The van der Waals surface area contributed by atoms with Gasteiger partial charge in [-0.3, -0.25) is 4.99 Å². The van der Waals surface area contributed by atoms with Crippen LogP contribution in [0.15, 0.2) is 23.2 Å². The van der Waals surface area contributed by atoms with Crippen molar-refractivity contribution in [3.63, 3.8) is 0 Å². The van der Waals surface area contributed by atoms with Gasteiger partial charge in [0.15, 0.2) is 5.96 Å². The summed E-state index contributed by atoms with van der Waals surface area (Å²) in [5.74, 6) is 1.63. The molecule has 0 aliphatic carbocycles. The van der Waals surface area contributed by atoms with Gasteiger partial charge in [0.2, 0.25) is 0 Å². The van der Waals surface area contributed by atoms with Crippen molar-refractivity contribution >= 4 is 17.6 Å². The zero-order valence-corrected chi connectivity index (χ0v) is 15.4. The first-order chi connectivity index (χ1) is 11.7. The van der Waals surface area contributed by atoms with Gasteiger partial charge in [-0.05, 0) is 50.3 Å². The molecule has 1 aliphatic rings. The van der Waals surface area contributed by atoms with E-state index in [0.717, 1.165) is 67.8 Å². The molecule has 1 atom stereocenters. The Morgan fingerprint density at radius 1 is 1.42 bits per heavy atom. The van der Waals surface area contributed by atoms with Gasteiger partial charge in [0.1, 0.15) is 5.75 Å². The summed E-state index contributed by atoms with van der Waals surface area (Å²) in [5, 5.41) is 7.36. The van der Waals surface area contributed by atoms with Crippen LogP contribution in [0.5, 0.6) is 5.75 Å². The number of nitrogens with zero attached hydrogens (tertiary/aromatic N) is 1. The van der Waals surface area contributed by atoms with Crippen LogP contribution in [0.4, 0.5) is 0 Å². The highest BCUT2D eigenvalue weighted by Crippen LogP contribution is 2.22. The van der Waals surface area contributed by atoms with Crippen LogP contribution < -0.4 is 15.4 Å². The quantitative estimate of drug-likeness (QED) is 0.557. The molecule has 0 radical (unpaired) electrons. The third-order valence-electron chi connectivity index (χ3n) is 4.04. The molecular formula is C18H28ClN3O2. The molecule has 134 valence electrons. The maximum Gasteiger partial charge on any atom is 0.191 e. The number of guanidine groups is 1. The predicted octanol–water partition coefficient (Wildman–Crippen LogP) is 3.02. The molecule has 0 bridgehead atoms. The molecule has 2 rings (SSSR count). The Balaban J connectivity index is 1.77. The molecule has 1 heterocycles. The molecule has 2 N–H and O–H groups in total. The van der Waals surface area contributed by atoms with E-state index in [0.29, 0.717) is 6.10 Å². The van der Waals surface area contributed by atoms with Gasteiger partial charge in [-0.25, -0.2) is 0 Å². The third kappa shape index (κ3) is 6.21. The highest BCUT2D eigenvalue weighted by atomic mass is 35.5. The van der Waals surface area contributed by atoms with Gasteiger partial charge in [0.05, 0.1) is 13.2 Å². The smallest absolute Gasteiger partial charge is 0.191 e. The average Bonchev–Trinajstić information content (AvgIpc) is 3.09. The number of benzene rings is 1. The Morgan fingerprint density at radius 2 is 2.29 bits per heavy atom. The number of rotatable bonds is 8. The number of aliphatic imine (C=N–C) groups is 1. The van der Waals surface area contributed by atoms with E-state index >= 15 is 0 Å². The summed E-state index contributed by atoms with van der Waals surface area (Å²) < 4.78 is 10.8. The highest BCUT2D eigenvalue weighted by molar-refractivity contribution is 6.31. The molecule has 1 unspecified atom stereocenters. The van der Waals surface area contributed by atoms with Crippen LogP contribution in [0.25, 0.3) is 0 Å². The minimum Gasteiger partial charge on any atom is -0.497 e. The first kappa shape index (κ1) is 18.9. The molecular weight excluding hydrogens is 326 g/mol. The van der Waals surface area contributed by atoms with Gasteiger partial charge in [0, 0.05) is 31.3 Å². The average molecular weight is 354 g/mol. The lowest BCUT2D eigenvalue weighted by Gasteiger charge is -2.13. The molecule has 1 fully saturated rings. The predicted molar refractivity (Wildman–Crippen MR) is 99.3 cm³/mol. The SMILES string of the molecule is CCNC(=NCCC1CCCO1)NCCc1ccc(OC)cc1Cl. The van der Waals surface area contributed by atoms with Crippen LogP contribution in [-0.2, 0) is 11.2 Å². The summed E-state index contributed by atoms with van der Waals surface area (Å²) in [6.07, 6.45) is 4.54. The van der Waals surface area contributed by atoms with E-state index in [4.69, 9.17) is 21.1 Å². The summed E-state index contributed by atoms with van der Waals surface area (Å²) in [6.45, 7) is 5.36. The molecule has 24 heavy (non-hydrogen) atoms. The number of ether oxygens (including phenoxy) is 2. The second kappa shape index (κ2) is 10.4. The van der Waals surface area contributed by atoms with E-state index in [1.54, 1.807) is 7.11 Å². The Bertz CT molecular complexity index is 531. The lowest BCUT2D eigenvalue weighted by molar-refractivity contribution is 0.106. The first-order valence-corrected chi connectivity index (χ1v) is 9.07. The van der Waals surface area contributed by atoms with Crippen molar-refractivity contribution in [3.05, 3.63) is 28.8 Å². The van der Waals surface area contributed by atoms with Gasteiger partial charge in [-0.1, -0.05) is 17.7 Å². The van der Waals surface area contributed by atoms with E-state index in [1.165, 1.54) is 6.42 Å². The van der Waals surface area contributed by atoms with E-state index in [-0.39, 0.29) is 0 Å². The van der Waals surface area contributed by atoms with Crippen molar-refractivity contribution in [3.8, 4) is 5.75 Å². The fourth-order valence-electron chi connectivity index (χ4n) is 2.71. The molecule has 0 spiro atoms. The van der Waals surface area contributed by atoms with Crippen LogP contribution in [0.3, 0.4) is 0 Å². The fraction of sp³-hybridized carbons (Fsp3) is 0.611. The van der Waals surface area contributed by atoms with Crippen LogP contribution in [0.1, 0.15) is 31.7 Å².